The SMILES string of the molecule is O=C(CCl)N(Cc1c(F)c(F)cc(F)c1F)c1ccc2cc(F)ccc2n1. The highest BCUT2D eigenvalue weighted by atomic mass is 35.5. The summed E-state index contributed by atoms with van der Waals surface area (Å²) in [5.74, 6) is -8.35. The fourth-order valence-corrected chi connectivity index (χ4v) is 2.67. The van der Waals surface area contributed by atoms with Crippen molar-refractivity contribution < 1.29 is 26.7 Å². The molecular weight excluding hydrogens is 391 g/mol. The predicted octanol–water partition coefficient (Wildman–Crippen LogP) is 4.70. The third kappa shape index (κ3) is 3.71. The van der Waals surface area contributed by atoms with Gasteiger partial charge in [-0.05, 0) is 30.3 Å². The molecule has 2 aromatic carbocycles. The first-order valence-corrected chi connectivity index (χ1v) is 8.09. The summed E-state index contributed by atoms with van der Waals surface area (Å²) in [6.07, 6.45) is 0. The van der Waals surface area contributed by atoms with Gasteiger partial charge in [0.1, 0.15) is 17.5 Å². The minimum Gasteiger partial charge on any atom is -0.291 e. The molecule has 3 nitrogen and oxygen atoms in total. The highest BCUT2D eigenvalue weighted by Crippen LogP contribution is 2.25. The average molecular weight is 401 g/mol. The Bertz CT molecular complexity index is 1020. The van der Waals surface area contributed by atoms with Crippen molar-refractivity contribution in [1.29, 1.82) is 0 Å². The van der Waals surface area contributed by atoms with Crippen LogP contribution in [0.5, 0.6) is 0 Å². The summed E-state index contributed by atoms with van der Waals surface area (Å²) in [7, 11) is 0. The van der Waals surface area contributed by atoms with Crippen LogP contribution in [0.4, 0.5) is 27.8 Å². The van der Waals surface area contributed by atoms with Crippen LogP contribution in [0, 0.1) is 29.1 Å². The summed E-state index contributed by atoms with van der Waals surface area (Å²) < 4.78 is 68.1. The molecule has 0 N–H and O–H groups in total. The molecule has 0 aliphatic heterocycles. The Morgan fingerprint density at radius 3 is 2.26 bits per heavy atom. The van der Waals surface area contributed by atoms with Crippen molar-refractivity contribution in [3.05, 3.63) is 71.0 Å². The summed E-state index contributed by atoms with van der Waals surface area (Å²) >= 11 is 5.54. The number of fused-ring (bicyclic) bond motifs is 1. The Morgan fingerprint density at radius 1 is 0.963 bits per heavy atom. The van der Waals surface area contributed by atoms with Crippen molar-refractivity contribution in [3.63, 3.8) is 0 Å². The predicted molar refractivity (Wildman–Crippen MR) is 89.9 cm³/mol. The number of carbonyl (C=O) groups excluding carboxylic acids is 1. The van der Waals surface area contributed by atoms with Crippen LogP contribution in [0.3, 0.4) is 0 Å². The first kappa shape index (κ1) is 19.0. The number of anilines is 1. The Balaban J connectivity index is 2.09. The summed E-state index contributed by atoms with van der Waals surface area (Å²) in [5, 5.41) is 0.422. The zero-order valence-corrected chi connectivity index (χ0v) is 14.2. The van der Waals surface area contributed by atoms with Gasteiger partial charge in [0, 0.05) is 17.0 Å². The number of hydrogen-bond acceptors (Lipinski definition) is 2. The topological polar surface area (TPSA) is 33.2 Å². The van der Waals surface area contributed by atoms with Crippen molar-refractivity contribution in [1.82, 2.24) is 4.98 Å². The quantitative estimate of drug-likeness (QED) is 0.361. The summed E-state index contributed by atoms with van der Waals surface area (Å²) in [6.45, 7) is -0.836. The number of hydrogen-bond donors (Lipinski definition) is 0. The van der Waals surface area contributed by atoms with Crippen LogP contribution in [-0.2, 0) is 11.3 Å². The van der Waals surface area contributed by atoms with E-state index >= 15 is 0 Å². The number of amides is 1. The van der Waals surface area contributed by atoms with Gasteiger partial charge in [-0.3, -0.25) is 9.69 Å². The lowest BCUT2D eigenvalue weighted by molar-refractivity contribution is -0.116. The zero-order chi connectivity index (χ0) is 19.7. The summed E-state index contributed by atoms with van der Waals surface area (Å²) in [4.78, 5) is 17.1. The van der Waals surface area contributed by atoms with E-state index in [0.717, 1.165) is 11.0 Å². The molecule has 1 amide bonds. The van der Waals surface area contributed by atoms with Crippen molar-refractivity contribution in [2.24, 2.45) is 0 Å². The molecule has 1 heterocycles. The molecule has 27 heavy (non-hydrogen) atoms. The molecule has 0 bridgehead atoms. The van der Waals surface area contributed by atoms with E-state index in [1.165, 1.54) is 24.3 Å². The normalized spacial score (nSPS) is 11.0. The van der Waals surface area contributed by atoms with Crippen LogP contribution in [0.25, 0.3) is 10.9 Å². The molecule has 3 rings (SSSR count). The maximum atomic E-state index is 14.0. The van der Waals surface area contributed by atoms with E-state index in [9.17, 15) is 26.7 Å². The zero-order valence-electron chi connectivity index (χ0n) is 13.4. The smallest absolute Gasteiger partial charge is 0.243 e. The lowest BCUT2D eigenvalue weighted by atomic mass is 10.1. The Labute approximate surface area is 155 Å². The minimum absolute atomic E-state index is 0.0665. The number of rotatable bonds is 4. The van der Waals surface area contributed by atoms with Crippen molar-refractivity contribution in [2.75, 3.05) is 10.8 Å². The Hall–Kier alpha value is -2.74. The van der Waals surface area contributed by atoms with Gasteiger partial charge in [0.2, 0.25) is 5.91 Å². The van der Waals surface area contributed by atoms with Crippen LogP contribution in [0.1, 0.15) is 5.56 Å². The molecule has 0 saturated heterocycles. The van der Waals surface area contributed by atoms with Gasteiger partial charge in [-0.2, -0.15) is 0 Å². The van der Waals surface area contributed by atoms with E-state index in [1.807, 2.05) is 0 Å². The molecule has 0 atom stereocenters. The number of carbonyl (C=O) groups is 1. The number of nitrogens with zero attached hydrogens (tertiary/aromatic N) is 2. The van der Waals surface area contributed by atoms with E-state index in [4.69, 9.17) is 11.6 Å². The number of alkyl halides is 1. The molecule has 0 spiro atoms. The molecule has 0 fully saturated rings. The van der Waals surface area contributed by atoms with E-state index < -0.39 is 53.0 Å². The number of pyridine rings is 1. The highest BCUT2D eigenvalue weighted by Gasteiger charge is 2.25. The standard InChI is InChI=1S/C18H10ClF5N2O/c19-7-16(27)26(8-11-17(23)12(21)6-13(22)18(11)24)15-4-1-9-5-10(20)2-3-14(9)25-15/h1-6H,7-8H2. The van der Waals surface area contributed by atoms with Crippen LogP contribution < -0.4 is 4.90 Å². The van der Waals surface area contributed by atoms with Gasteiger partial charge in [0.05, 0.1) is 12.1 Å². The molecule has 1 aromatic heterocycles. The maximum absolute atomic E-state index is 14.0. The van der Waals surface area contributed by atoms with Crippen LogP contribution in [0.15, 0.2) is 36.4 Å². The lowest BCUT2D eigenvalue weighted by Gasteiger charge is -2.22. The minimum atomic E-state index is -1.62. The Kier molecular flexibility index (Phi) is 5.27. The van der Waals surface area contributed by atoms with Gasteiger partial charge < -0.3 is 0 Å². The van der Waals surface area contributed by atoms with Crippen LogP contribution >= 0.6 is 11.6 Å². The first-order valence-electron chi connectivity index (χ1n) is 7.56. The first-order chi connectivity index (χ1) is 12.8. The van der Waals surface area contributed by atoms with Crippen LogP contribution in [0.2, 0.25) is 0 Å². The van der Waals surface area contributed by atoms with Gasteiger partial charge in [0.25, 0.3) is 0 Å². The van der Waals surface area contributed by atoms with Gasteiger partial charge in [0.15, 0.2) is 23.3 Å². The molecule has 9 heteroatoms. The van der Waals surface area contributed by atoms with Gasteiger partial charge >= 0.3 is 0 Å². The highest BCUT2D eigenvalue weighted by molar-refractivity contribution is 6.29. The molecule has 0 saturated carbocycles. The number of halogens is 6. The molecule has 0 radical (unpaired) electrons. The molecule has 0 aliphatic rings. The third-order valence-corrected chi connectivity index (χ3v) is 4.08. The molecule has 0 unspecified atom stereocenters. The van der Waals surface area contributed by atoms with E-state index in [0.29, 0.717) is 10.9 Å². The fraction of sp³-hybridized carbons (Fsp3) is 0.111. The second kappa shape index (κ2) is 7.48. The van der Waals surface area contributed by atoms with E-state index in [1.54, 1.807) is 0 Å². The molecule has 3 aromatic rings. The van der Waals surface area contributed by atoms with E-state index in [2.05, 4.69) is 4.98 Å². The monoisotopic (exact) mass is 400 g/mol. The maximum Gasteiger partial charge on any atom is 0.243 e. The second-order valence-electron chi connectivity index (χ2n) is 5.57. The molecule has 140 valence electrons. The summed E-state index contributed by atoms with van der Waals surface area (Å²) in [5.41, 5.74) is -0.681. The molecular formula is C18H10ClF5N2O. The van der Waals surface area contributed by atoms with Crippen LogP contribution in [-0.4, -0.2) is 16.8 Å². The lowest BCUT2D eigenvalue weighted by Crippen LogP contribution is -2.33. The van der Waals surface area contributed by atoms with E-state index in [-0.39, 0.29) is 11.9 Å². The van der Waals surface area contributed by atoms with Crippen molar-refractivity contribution in [2.45, 2.75) is 6.54 Å². The Morgan fingerprint density at radius 2 is 1.63 bits per heavy atom. The number of benzene rings is 2. The largest absolute Gasteiger partial charge is 0.291 e. The second-order valence-corrected chi connectivity index (χ2v) is 5.83. The van der Waals surface area contributed by atoms with Gasteiger partial charge in [-0.25, -0.2) is 26.9 Å². The van der Waals surface area contributed by atoms with Crippen molar-refractivity contribution in [3.8, 4) is 0 Å². The van der Waals surface area contributed by atoms with Gasteiger partial charge in [-0.15, -0.1) is 11.6 Å². The summed E-state index contributed by atoms with van der Waals surface area (Å²) in [6, 6.07) is 6.52. The average Bonchev–Trinajstić information content (AvgIpc) is 2.65. The van der Waals surface area contributed by atoms with Gasteiger partial charge in [-0.1, -0.05) is 0 Å². The van der Waals surface area contributed by atoms with Crippen molar-refractivity contribution >= 4 is 34.2 Å². The number of aromatic nitrogens is 1. The fourth-order valence-electron chi connectivity index (χ4n) is 2.52. The molecule has 0 aliphatic carbocycles. The third-order valence-electron chi connectivity index (χ3n) is 3.85.